The van der Waals surface area contributed by atoms with Crippen molar-refractivity contribution in [3.63, 3.8) is 0 Å². The monoisotopic (exact) mass is 271 g/mol. The maximum absolute atomic E-state index is 12.5. The van der Waals surface area contributed by atoms with Crippen molar-refractivity contribution in [3.05, 3.63) is 30.3 Å². The topological polar surface area (TPSA) is 29.1 Å². The summed E-state index contributed by atoms with van der Waals surface area (Å²) in [4.78, 5) is 11.0. The van der Waals surface area contributed by atoms with Crippen LogP contribution in [0.2, 0.25) is 0 Å². The molecule has 0 spiro atoms. The van der Waals surface area contributed by atoms with Gasteiger partial charge in [0.1, 0.15) is 0 Å². The maximum atomic E-state index is 12.5. The summed E-state index contributed by atoms with van der Waals surface area (Å²) in [6, 6.07) is 7.65. The zero-order valence-electron chi connectivity index (χ0n) is 8.09. The molecule has 1 rings (SSSR count). The number of alkyl halides is 5. The Bertz CT molecular complexity index is 392. The molecule has 0 saturated heterocycles. The molecule has 0 aliphatic rings. The Hall–Kier alpha value is -1.31. The van der Waals surface area contributed by atoms with E-state index in [0.717, 1.165) is 0 Å². The first kappa shape index (κ1) is 13.8. The molecule has 17 heavy (non-hydrogen) atoms. The van der Waals surface area contributed by atoms with Crippen molar-refractivity contribution in [2.24, 2.45) is 0 Å². The van der Waals surface area contributed by atoms with E-state index in [9.17, 15) is 26.7 Å². The minimum atomic E-state index is -5.89. The van der Waals surface area contributed by atoms with Crippen LogP contribution in [0.3, 0.4) is 0 Å². The van der Waals surface area contributed by atoms with Gasteiger partial charge in [-0.3, -0.25) is 9.52 Å². The summed E-state index contributed by atoms with van der Waals surface area (Å²) in [6.45, 7) is 0. The molecule has 0 aromatic heterocycles. The summed E-state index contributed by atoms with van der Waals surface area (Å²) >= 11 is 0.392. The first-order valence-electron chi connectivity index (χ1n) is 4.22. The van der Waals surface area contributed by atoms with Crippen LogP contribution >= 0.6 is 11.9 Å². The number of hydrogen-bond acceptors (Lipinski definition) is 2. The maximum Gasteiger partial charge on any atom is 0.463 e. The van der Waals surface area contributed by atoms with Gasteiger partial charge in [0.05, 0.1) is 0 Å². The number of hydrogen-bond donors (Lipinski definition) is 1. The average molecular weight is 271 g/mol. The van der Waals surface area contributed by atoms with Crippen LogP contribution in [-0.2, 0) is 4.79 Å². The highest BCUT2D eigenvalue weighted by molar-refractivity contribution is 7.98. The van der Waals surface area contributed by atoms with Gasteiger partial charge in [-0.25, -0.2) is 0 Å². The Morgan fingerprint density at radius 1 is 1.06 bits per heavy atom. The number of amides is 1. The third kappa shape index (κ3) is 3.32. The standard InChI is InChI=1S/C9H6F5NOS/c10-8(11,9(12,13)14)7(16)15-17-6-4-2-1-3-5-6/h1-5H,(H,15,16). The number of rotatable bonds is 3. The van der Waals surface area contributed by atoms with Gasteiger partial charge in [0.15, 0.2) is 0 Å². The van der Waals surface area contributed by atoms with E-state index in [1.807, 2.05) is 0 Å². The van der Waals surface area contributed by atoms with Gasteiger partial charge in [-0.05, 0) is 24.1 Å². The molecule has 0 aliphatic heterocycles. The normalized spacial score (nSPS) is 12.3. The van der Waals surface area contributed by atoms with Gasteiger partial charge in [-0.15, -0.1) is 0 Å². The molecule has 0 bridgehead atoms. The Balaban J connectivity index is 2.62. The fraction of sp³-hybridized carbons (Fsp3) is 0.222. The third-order valence-corrected chi connectivity index (χ3v) is 2.44. The second kappa shape index (κ2) is 4.91. The van der Waals surface area contributed by atoms with Gasteiger partial charge in [-0.2, -0.15) is 22.0 Å². The Morgan fingerprint density at radius 3 is 2.06 bits per heavy atom. The molecule has 2 nitrogen and oxygen atoms in total. The third-order valence-electron chi connectivity index (χ3n) is 1.65. The van der Waals surface area contributed by atoms with Gasteiger partial charge in [0.25, 0.3) is 0 Å². The molecule has 0 fully saturated rings. The summed E-state index contributed by atoms with van der Waals surface area (Å²) in [7, 11) is 0. The van der Waals surface area contributed by atoms with Gasteiger partial charge in [-0.1, -0.05) is 18.2 Å². The van der Waals surface area contributed by atoms with Crippen molar-refractivity contribution in [1.82, 2.24) is 4.72 Å². The molecule has 1 aromatic carbocycles. The number of carbonyl (C=O) groups is 1. The highest BCUT2D eigenvalue weighted by Gasteiger charge is 2.63. The molecule has 0 saturated carbocycles. The summed E-state index contributed by atoms with van der Waals surface area (Å²) in [6.07, 6.45) is -5.89. The summed E-state index contributed by atoms with van der Waals surface area (Å²) in [5.41, 5.74) is 0. The smallest absolute Gasteiger partial charge is 0.290 e. The molecule has 0 radical (unpaired) electrons. The summed E-state index contributed by atoms with van der Waals surface area (Å²) in [5.74, 6) is -7.78. The lowest BCUT2D eigenvalue weighted by molar-refractivity contribution is -0.268. The molecule has 1 amide bonds. The fourth-order valence-corrected chi connectivity index (χ4v) is 1.42. The molecule has 0 heterocycles. The fourth-order valence-electron chi connectivity index (χ4n) is 0.787. The van der Waals surface area contributed by atoms with Crippen LogP contribution in [0.4, 0.5) is 22.0 Å². The molecule has 8 heteroatoms. The van der Waals surface area contributed by atoms with E-state index in [1.165, 1.54) is 16.9 Å². The minimum Gasteiger partial charge on any atom is -0.290 e. The number of carbonyl (C=O) groups excluding carboxylic acids is 1. The Kier molecular flexibility index (Phi) is 3.97. The minimum absolute atomic E-state index is 0.346. The lowest BCUT2D eigenvalue weighted by Crippen LogP contribution is -2.48. The number of nitrogens with one attached hydrogen (secondary N) is 1. The van der Waals surface area contributed by atoms with Crippen molar-refractivity contribution < 1.29 is 26.7 Å². The van der Waals surface area contributed by atoms with Crippen molar-refractivity contribution in [2.45, 2.75) is 17.0 Å². The molecular formula is C9H6F5NOS. The average Bonchev–Trinajstić information content (AvgIpc) is 2.25. The molecule has 94 valence electrons. The predicted octanol–water partition coefficient (Wildman–Crippen LogP) is 3.01. The van der Waals surface area contributed by atoms with E-state index < -0.39 is 18.0 Å². The zero-order valence-corrected chi connectivity index (χ0v) is 8.91. The molecule has 0 aliphatic carbocycles. The summed E-state index contributed by atoms with van der Waals surface area (Å²) in [5, 5.41) is 0. The van der Waals surface area contributed by atoms with Crippen LogP contribution in [0.15, 0.2) is 35.2 Å². The lowest BCUT2D eigenvalue weighted by Gasteiger charge is -2.18. The first-order chi connectivity index (χ1) is 7.75. The second-order valence-corrected chi connectivity index (χ2v) is 3.80. The van der Waals surface area contributed by atoms with E-state index in [2.05, 4.69) is 0 Å². The SMILES string of the molecule is O=C(NSc1ccccc1)C(F)(F)C(F)(F)F. The van der Waals surface area contributed by atoms with Gasteiger partial charge in [0, 0.05) is 4.90 Å². The van der Waals surface area contributed by atoms with E-state index >= 15 is 0 Å². The lowest BCUT2D eigenvalue weighted by atomic mass is 10.3. The van der Waals surface area contributed by atoms with Crippen molar-refractivity contribution in [3.8, 4) is 0 Å². The second-order valence-electron chi connectivity index (χ2n) is 2.92. The van der Waals surface area contributed by atoms with E-state index in [0.29, 0.717) is 16.8 Å². The number of benzene rings is 1. The van der Waals surface area contributed by atoms with Crippen molar-refractivity contribution >= 4 is 17.9 Å². The van der Waals surface area contributed by atoms with Gasteiger partial charge >= 0.3 is 18.0 Å². The zero-order chi connectivity index (χ0) is 13.1. The van der Waals surface area contributed by atoms with Crippen LogP contribution in [0.25, 0.3) is 0 Å². The molecular weight excluding hydrogens is 265 g/mol. The predicted molar refractivity (Wildman–Crippen MR) is 51.4 cm³/mol. The van der Waals surface area contributed by atoms with Crippen LogP contribution in [0.5, 0.6) is 0 Å². The van der Waals surface area contributed by atoms with Gasteiger partial charge < -0.3 is 0 Å². The highest BCUT2D eigenvalue weighted by atomic mass is 32.2. The number of halogens is 5. The van der Waals surface area contributed by atoms with Crippen molar-refractivity contribution in [1.29, 1.82) is 0 Å². The van der Waals surface area contributed by atoms with Crippen LogP contribution in [0, 0.1) is 0 Å². The molecule has 0 atom stereocenters. The van der Waals surface area contributed by atoms with E-state index in [1.54, 1.807) is 18.2 Å². The summed E-state index contributed by atoms with van der Waals surface area (Å²) < 4.78 is 61.8. The van der Waals surface area contributed by atoms with Crippen molar-refractivity contribution in [2.75, 3.05) is 0 Å². The van der Waals surface area contributed by atoms with Gasteiger partial charge in [0.2, 0.25) is 0 Å². The first-order valence-corrected chi connectivity index (χ1v) is 5.03. The van der Waals surface area contributed by atoms with E-state index in [4.69, 9.17) is 0 Å². The Morgan fingerprint density at radius 2 is 1.59 bits per heavy atom. The quantitative estimate of drug-likeness (QED) is 0.676. The van der Waals surface area contributed by atoms with Crippen LogP contribution < -0.4 is 4.72 Å². The van der Waals surface area contributed by atoms with Crippen LogP contribution in [-0.4, -0.2) is 18.0 Å². The van der Waals surface area contributed by atoms with Crippen LogP contribution in [0.1, 0.15) is 0 Å². The molecule has 1 N–H and O–H groups in total. The molecule has 1 aromatic rings. The van der Waals surface area contributed by atoms with E-state index in [-0.39, 0.29) is 0 Å². The largest absolute Gasteiger partial charge is 0.463 e. The Labute approximate surface area is 97.3 Å². The molecule has 0 unspecified atom stereocenters. The highest BCUT2D eigenvalue weighted by Crippen LogP contribution is 2.36.